The smallest absolute Gasteiger partial charge is 0.0558 e. The summed E-state index contributed by atoms with van der Waals surface area (Å²) in [5.41, 5.74) is 0. The Hall–Kier alpha value is 0.270. The molecule has 12 heavy (non-hydrogen) atoms. The topological polar surface area (TPSA) is 23.5 Å². The van der Waals surface area contributed by atoms with Gasteiger partial charge in [0.25, 0.3) is 0 Å². The van der Waals surface area contributed by atoms with Gasteiger partial charge < -0.3 is 5.11 Å². The molecule has 70 valence electrons. The van der Waals surface area contributed by atoms with Crippen molar-refractivity contribution in [1.29, 1.82) is 0 Å². The van der Waals surface area contributed by atoms with Gasteiger partial charge in [-0.15, -0.1) is 0 Å². The van der Waals surface area contributed by atoms with Gasteiger partial charge in [-0.05, 0) is 25.0 Å². The average Bonchev–Trinajstić information content (AvgIpc) is 2.77. The number of hydrogen-bond donors (Lipinski definition) is 1. The van der Waals surface area contributed by atoms with Crippen LogP contribution in [0, 0.1) is 0 Å². The molecule has 0 spiro atoms. The fourth-order valence-electron chi connectivity index (χ4n) is 1.97. The Morgan fingerprint density at radius 1 is 1.25 bits per heavy atom. The lowest BCUT2D eigenvalue weighted by Crippen LogP contribution is -2.39. The molecular formula is C9H17NOS. The molecule has 0 bridgehead atoms. The number of thioether (sulfide) groups is 1. The van der Waals surface area contributed by atoms with Crippen LogP contribution in [-0.2, 0) is 0 Å². The third-order valence-electron chi connectivity index (χ3n) is 2.75. The predicted octanol–water partition coefficient (Wildman–Crippen LogP) is 0.949. The van der Waals surface area contributed by atoms with Crippen molar-refractivity contribution in [3.05, 3.63) is 0 Å². The van der Waals surface area contributed by atoms with Crippen molar-refractivity contribution in [2.75, 3.05) is 24.7 Å². The van der Waals surface area contributed by atoms with Gasteiger partial charge in [0, 0.05) is 24.4 Å². The van der Waals surface area contributed by atoms with Crippen LogP contribution >= 0.6 is 11.8 Å². The Bertz CT molecular complexity index is 143. The van der Waals surface area contributed by atoms with Gasteiger partial charge in [-0.1, -0.05) is 0 Å². The summed E-state index contributed by atoms with van der Waals surface area (Å²) in [6.45, 7) is 1.23. The van der Waals surface area contributed by atoms with E-state index in [0.29, 0.717) is 6.61 Å². The van der Waals surface area contributed by atoms with E-state index in [4.69, 9.17) is 5.11 Å². The summed E-state index contributed by atoms with van der Waals surface area (Å²) in [6.07, 6.45) is 4.06. The van der Waals surface area contributed by atoms with E-state index in [0.717, 1.165) is 18.6 Å². The summed E-state index contributed by atoms with van der Waals surface area (Å²) in [5, 5.41) is 8.93. The maximum absolute atomic E-state index is 8.93. The highest BCUT2D eigenvalue weighted by Gasteiger charge is 2.34. The largest absolute Gasteiger partial charge is 0.395 e. The van der Waals surface area contributed by atoms with E-state index in [1.165, 1.54) is 30.8 Å². The second kappa shape index (κ2) is 3.99. The highest BCUT2D eigenvalue weighted by atomic mass is 32.2. The van der Waals surface area contributed by atoms with Crippen LogP contribution in [0.3, 0.4) is 0 Å². The minimum Gasteiger partial charge on any atom is -0.395 e. The summed E-state index contributed by atoms with van der Waals surface area (Å²) < 4.78 is 0. The van der Waals surface area contributed by atoms with E-state index < -0.39 is 0 Å². The lowest BCUT2D eigenvalue weighted by Gasteiger charge is -2.27. The molecule has 0 aromatic carbocycles. The van der Waals surface area contributed by atoms with Crippen LogP contribution < -0.4 is 0 Å². The Morgan fingerprint density at radius 2 is 2.08 bits per heavy atom. The SMILES string of the molecule is OCCN(C1CC1)[C@H]1CCSC1. The Kier molecular flexibility index (Phi) is 2.94. The van der Waals surface area contributed by atoms with Crippen molar-refractivity contribution >= 4 is 11.8 Å². The monoisotopic (exact) mass is 187 g/mol. The van der Waals surface area contributed by atoms with Crippen LogP contribution in [0.25, 0.3) is 0 Å². The molecule has 1 aliphatic heterocycles. The molecule has 1 N–H and O–H groups in total. The third-order valence-corrected chi connectivity index (χ3v) is 3.89. The molecule has 1 heterocycles. The molecule has 1 saturated heterocycles. The molecule has 2 nitrogen and oxygen atoms in total. The van der Waals surface area contributed by atoms with Crippen LogP contribution in [0.5, 0.6) is 0 Å². The third kappa shape index (κ3) is 1.95. The Labute approximate surface area is 78.3 Å². The van der Waals surface area contributed by atoms with E-state index in [1.54, 1.807) is 0 Å². The molecule has 1 atom stereocenters. The number of nitrogens with zero attached hydrogens (tertiary/aromatic N) is 1. The zero-order valence-electron chi connectivity index (χ0n) is 7.41. The van der Waals surface area contributed by atoms with E-state index in [1.807, 2.05) is 0 Å². The summed E-state index contributed by atoms with van der Waals surface area (Å²) in [7, 11) is 0. The molecule has 0 radical (unpaired) electrons. The summed E-state index contributed by atoms with van der Waals surface area (Å²) >= 11 is 2.06. The summed E-state index contributed by atoms with van der Waals surface area (Å²) in [4.78, 5) is 2.53. The van der Waals surface area contributed by atoms with Crippen molar-refractivity contribution in [3.8, 4) is 0 Å². The molecule has 1 saturated carbocycles. The van der Waals surface area contributed by atoms with Gasteiger partial charge in [-0.3, -0.25) is 4.90 Å². The zero-order valence-corrected chi connectivity index (χ0v) is 8.22. The van der Waals surface area contributed by atoms with Gasteiger partial charge in [0.2, 0.25) is 0 Å². The van der Waals surface area contributed by atoms with Gasteiger partial charge in [-0.25, -0.2) is 0 Å². The van der Waals surface area contributed by atoms with Gasteiger partial charge in [0.15, 0.2) is 0 Å². The van der Waals surface area contributed by atoms with E-state index >= 15 is 0 Å². The normalized spacial score (nSPS) is 30.0. The van der Waals surface area contributed by atoms with Crippen molar-refractivity contribution in [1.82, 2.24) is 4.90 Å². The fourth-order valence-corrected chi connectivity index (χ4v) is 3.20. The number of aliphatic hydroxyl groups is 1. The molecule has 1 aliphatic carbocycles. The molecule has 2 fully saturated rings. The highest BCUT2D eigenvalue weighted by Crippen LogP contribution is 2.32. The zero-order chi connectivity index (χ0) is 8.39. The van der Waals surface area contributed by atoms with Crippen molar-refractivity contribution in [2.24, 2.45) is 0 Å². The van der Waals surface area contributed by atoms with Crippen molar-refractivity contribution < 1.29 is 5.11 Å². The summed E-state index contributed by atoms with van der Waals surface area (Å²) in [6, 6.07) is 1.59. The number of rotatable bonds is 4. The lowest BCUT2D eigenvalue weighted by atomic mass is 10.2. The number of hydrogen-bond acceptors (Lipinski definition) is 3. The first kappa shape index (κ1) is 8.85. The van der Waals surface area contributed by atoms with Gasteiger partial charge in [0.05, 0.1) is 6.61 Å². The molecule has 0 aromatic heterocycles. The van der Waals surface area contributed by atoms with E-state index in [-0.39, 0.29) is 0 Å². The van der Waals surface area contributed by atoms with Crippen molar-refractivity contribution in [2.45, 2.75) is 31.3 Å². The van der Waals surface area contributed by atoms with Crippen molar-refractivity contribution in [3.63, 3.8) is 0 Å². The van der Waals surface area contributed by atoms with Crippen LogP contribution in [0.1, 0.15) is 19.3 Å². The predicted molar refractivity (Wildman–Crippen MR) is 52.5 cm³/mol. The first-order valence-corrected chi connectivity index (χ1v) is 6.01. The maximum Gasteiger partial charge on any atom is 0.0558 e. The first-order valence-electron chi connectivity index (χ1n) is 4.86. The second-order valence-corrected chi connectivity index (χ2v) is 4.86. The summed E-state index contributed by atoms with van der Waals surface area (Å²) in [5.74, 6) is 2.61. The lowest BCUT2D eigenvalue weighted by molar-refractivity contribution is 0.153. The molecule has 0 unspecified atom stereocenters. The molecular weight excluding hydrogens is 170 g/mol. The van der Waals surface area contributed by atoms with Crippen LogP contribution in [0.2, 0.25) is 0 Å². The van der Waals surface area contributed by atoms with Gasteiger partial charge in [0.1, 0.15) is 0 Å². The highest BCUT2D eigenvalue weighted by molar-refractivity contribution is 7.99. The quantitative estimate of drug-likeness (QED) is 0.709. The van der Waals surface area contributed by atoms with E-state index in [9.17, 15) is 0 Å². The van der Waals surface area contributed by atoms with E-state index in [2.05, 4.69) is 16.7 Å². The molecule has 2 aliphatic rings. The molecule has 3 heteroatoms. The van der Waals surface area contributed by atoms with Crippen LogP contribution in [-0.4, -0.2) is 46.7 Å². The number of aliphatic hydroxyl groups excluding tert-OH is 1. The molecule has 0 aromatic rings. The Morgan fingerprint density at radius 3 is 2.58 bits per heavy atom. The molecule has 0 amide bonds. The van der Waals surface area contributed by atoms with Gasteiger partial charge >= 0.3 is 0 Å². The van der Waals surface area contributed by atoms with Crippen LogP contribution in [0.4, 0.5) is 0 Å². The minimum absolute atomic E-state index is 0.331. The Balaban J connectivity index is 1.85. The second-order valence-electron chi connectivity index (χ2n) is 3.71. The van der Waals surface area contributed by atoms with Gasteiger partial charge in [-0.2, -0.15) is 11.8 Å². The average molecular weight is 187 g/mol. The fraction of sp³-hybridized carbons (Fsp3) is 1.00. The standard InChI is InChI=1S/C9H17NOS/c11-5-4-10(8-1-2-8)9-3-6-12-7-9/h8-9,11H,1-7H2/t9-/m0/s1. The maximum atomic E-state index is 8.93. The minimum atomic E-state index is 0.331. The molecule has 2 rings (SSSR count). The first-order chi connectivity index (χ1) is 5.92. The van der Waals surface area contributed by atoms with Crippen LogP contribution in [0.15, 0.2) is 0 Å².